The fraction of sp³-hybridized carbons (Fsp3) is 0.636. The van der Waals surface area contributed by atoms with Crippen LogP contribution in [0.1, 0.15) is 29.9 Å². The zero-order chi connectivity index (χ0) is 11.7. The van der Waals surface area contributed by atoms with Gasteiger partial charge in [0.15, 0.2) is 0 Å². The molecular formula is C11H19ClN4O. The van der Waals surface area contributed by atoms with Crippen molar-refractivity contribution in [2.45, 2.75) is 32.9 Å². The molecule has 0 saturated carbocycles. The van der Waals surface area contributed by atoms with Crippen LogP contribution in [0.3, 0.4) is 0 Å². The third-order valence-corrected chi connectivity index (χ3v) is 2.91. The number of aromatic amines is 1. The average Bonchev–Trinajstić information content (AvgIpc) is 2.62. The van der Waals surface area contributed by atoms with Crippen LogP contribution in [0.25, 0.3) is 0 Å². The molecule has 0 aromatic carbocycles. The molecule has 2 N–H and O–H groups in total. The van der Waals surface area contributed by atoms with Gasteiger partial charge in [-0.05, 0) is 20.8 Å². The minimum Gasteiger partial charge on any atom is -0.335 e. The van der Waals surface area contributed by atoms with Gasteiger partial charge in [0.1, 0.15) is 0 Å². The number of hydrogen-bond acceptors (Lipinski definition) is 3. The summed E-state index contributed by atoms with van der Waals surface area (Å²) in [7, 11) is 0. The number of rotatable bonds is 1. The number of nitrogens with one attached hydrogen (secondary N) is 2. The van der Waals surface area contributed by atoms with Gasteiger partial charge in [0.2, 0.25) is 0 Å². The lowest BCUT2D eigenvalue weighted by atomic mass is 10.1. The van der Waals surface area contributed by atoms with E-state index in [2.05, 4.69) is 29.4 Å². The lowest BCUT2D eigenvalue weighted by Gasteiger charge is -2.36. The highest BCUT2D eigenvalue weighted by molar-refractivity contribution is 5.95. The Balaban J connectivity index is 0.00000144. The van der Waals surface area contributed by atoms with Crippen LogP contribution in [0, 0.1) is 6.92 Å². The van der Waals surface area contributed by atoms with Crippen molar-refractivity contribution in [3.05, 3.63) is 17.5 Å². The van der Waals surface area contributed by atoms with Crippen LogP contribution in [-0.4, -0.2) is 46.2 Å². The molecule has 1 saturated heterocycles. The van der Waals surface area contributed by atoms with Gasteiger partial charge in [0.05, 0.1) is 11.8 Å². The van der Waals surface area contributed by atoms with Gasteiger partial charge in [-0.25, -0.2) is 0 Å². The largest absolute Gasteiger partial charge is 0.335 e. The molecule has 96 valence electrons. The van der Waals surface area contributed by atoms with Crippen LogP contribution in [0.4, 0.5) is 0 Å². The average molecular weight is 259 g/mol. The Morgan fingerprint density at radius 2 is 2.00 bits per heavy atom. The van der Waals surface area contributed by atoms with Gasteiger partial charge in [0, 0.05) is 30.9 Å². The van der Waals surface area contributed by atoms with Crippen molar-refractivity contribution in [3.8, 4) is 0 Å². The summed E-state index contributed by atoms with van der Waals surface area (Å²) in [5.41, 5.74) is 1.52. The predicted molar refractivity (Wildman–Crippen MR) is 68.5 cm³/mol. The number of carbonyl (C=O) groups excluding carboxylic acids is 1. The second kappa shape index (κ2) is 5.51. The Kier molecular flexibility index (Phi) is 4.54. The highest BCUT2D eigenvalue weighted by Gasteiger charge is 2.26. The number of aromatic nitrogens is 2. The van der Waals surface area contributed by atoms with Crippen molar-refractivity contribution in [1.29, 1.82) is 0 Å². The third kappa shape index (κ3) is 2.98. The van der Waals surface area contributed by atoms with Gasteiger partial charge in [-0.1, -0.05) is 0 Å². The molecule has 1 aromatic heterocycles. The van der Waals surface area contributed by atoms with E-state index in [0.29, 0.717) is 17.6 Å². The fourth-order valence-electron chi connectivity index (χ4n) is 2.23. The molecule has 2 atom stereocenters. The molecule has 1 aliphatic rings. The number of aryl methyl sites for hydroxylation is 1. The van der Waals surface area contributed by atoms with E-state index in [0.717, 1.165) is 18.8 Å². The normalized spacial score (nSPS) is 24.3. The summed E-state index contributed by atoms with van der Waals surface area (Å²) in [6, 6.07) is 0.694. The molecule has 2 unspecified atom stereocenters. The van der Waals surface area contributed by atoms with Crippen LogP contribution in [0.5, 0.6) is 0 Å². The first kappa shape index (κ1) is 14.0. The summed E-state index contributed by atoms with van der Waals surface area (Å²) in [5, 5.41) is 10.1. The number of carbonyl (C=O) groups is 1. The highest BCUT2D eigenvalue weighted by atomic mass is 35.5. The Labute approximate surface area is 107 Å². The van der Waals surface area contributed by atoms with E-state index in [4.69, 9.17) is 0 Å². The van der Waals surface area contributed by atoms with Crippen molar-refractivity contribution in [1.82, 2.24) is 20.4 Å². The second-order valence-corrected chi connectivity index (χ2v) is 4.59. The Hall–Kier alpha value is -1.07. The minimum atomic E-state index is 0. The van der Waals surface area contributed by atoms with Crippen molar-refractivity contribution in [2.24, 2.45) is 0 Å². The van der Waals surface area contributed by atoms with E-state index in [1.165, 1.54) is 0 Å². The SMILES string of the molecule is Cc1[nH]ncc1C(=O)N1CC(C)NC(C)C1.Cl. The standard InChI is InChI=1S/C11H18N4O.ClH/c1-7-5-15(6-8(2)13-7)11(16)10-4-12-14-9(10)3;/h4,7-8,13H,5-6H2,1-3H3,(H,12,14);1H. The minimum absolute atomic E-state index is 0. The molecule has 17 heavy (non-hydrogen) atoms. The van der Waals surface area contributed by atoms with E-state index < -0.39 is 0 Å². The first-order chi connectivity index (χ1) is 7.58. The third-order valence-electron chi connectivity index (χ3n) is 2.91. The van der Waals surface area contributed by atoms with Crippen LogP contribution < -0.4 is 5.32 Å². The molecule has 1 amide bonds. The highest BCUT2D eigenvalue weighted by Crippen LogP contribution is 2.11. The first-order valence-electron chi connectivity index (χ1n) is 5.63. The maximum atomic E-state index is 12.2. The summed E-state index contributed by atoms with van der Waals surface area (Å²) < 4.78 is 0. The summed E-state index contributed by atoms with van der Waals surface area (Å²) in [5.74, 6) is 0.0754. The molecule has 1 aromatic rings. The van der Waals surface area contributed by atoms with E-state index in [1.807, 2.05) is 11.8 Å². The molecule has 6 heteroatoms. The Bertz CT molecular complexity index is 383. The quantitative estimate of drug-likeness (QED) is 0.789. The monoisotopic (exact) mass is 258 g/mol. The smallest absolute Gasteiger partial charge is 0.257 e. The van der Waals surface area contributed by atoms with Crippen molar-refractivity contribution in [2.75, 3.05) is 13.1 Å². The van der Waals surface area contributed by atoms with Crippen molar-refractivity contribution < 1.29 is 4.79 Å². The molecule has 0 spiro atoms. The van der Waals surface area contributed by atoms with E-state index >= 15 is 0 Å². The number of amides is 1. The number of hydrogen-bond donors (Lipinski definition) is 2. The summed E-state index contributed by atoms with van der Waals surface area (Å²) in [4.78, 5) is 14.1. The Morgan fingerprint density at radius 1 is 1.41 bits per heavy atom. The lowest BCUT2D eigenvalue weighted by molar-refractivity contribution is 0.0673. The van der Waals surface area contributed by atoms with Gasteiger partial charge >= 0.3 is 0 Å². The molecule has 2 rings (SSSR count). The molecule has 0 bridgehead atoms. The predicted octanol–water partition coefficient (Wildman–Crippen LogP) is 0.962. The summed E-state index contributed by atoms with van der Waals surface area (Å²) in [6.07, 6.45) is 1.61. The zero-order valence-corrected chi connectivity index (χ0v) is 11.2. The number of halogens is 1. The molecule has 2 heterocycles. The van der Waals surface area contributed by atoms with Crippen molar-refractivity contribution in [3.63, 3.8) is 0 Å². The van der Waals surface area contributed by atoms with E-state index in [1.54, 1.807) is 6.20 Å². The first-order valence-corrected chi connectivity index (χ1v) is 5.63. The van der Waals surface area contributed by atoms with Crippen LogP contribution in [-0.2, 0) is 0 Å². The van der Waals surface area contributed by atoms with Crippen LogP contribution in [0.2, 0.25) is 0 Å². The fourth-order valence-corrected chi connectivity index (χ4v) is 2.23. The van der Waals surface area contributed by atoms with Gasteiger partial charge in [-0.3, -0.25) is 9.89 Å². The molecule has 0 radical (unpaired) electrons. The van der Waals surface area contributed by atoms with Gasteiger partial charge < -0.3 is 10.2 Å². The number of nitrogens with zero attached hydrogens (tertiary/aromatic N) is 2. The van der Waals surface area contributed by atoms with Gasteiger partial charge in [-0.15, -0.1) is 12.4 Å². The van der Waals surface area contributed by atoms with E-state index in [-0.39, 0.29) is 18.3 Å². The Morgan fingerprint density at radius 3 is 2.47 bits per heavy atom. The molecular weight excluding hydrogens is 240 g/mol. The summed E-state index contributed by atoms with van der Waals surface area (Å²) >= 11 is 0. The van der Waals surface area contributed by atoms with Crippen LogP contribution in [0.15, 0.2) is 6.20 Å². The van der Waals surface area contributed by atoms with Gasteiger partial charge in [0.25, 0.3) is 5.91 Å². The number of piperazine rings is 1. The maximum Gasteiger partial charge on any atom is 0.257 e. The second-order valence-electron chi connectivity index (χ2n) is 4.59. The molecule has 0 aliphatic carbocycles. The maximum absolute atomic E-state index is 12.2. The van der Waals surface area contributed by atoms with Crippen LogP contribution >= 0.6 is 12.4 Å². The molecule has 1 fully saturated rings. The summed E-state index contributed by atoms with van der Waals surface area (Å²) in [6.45, 7) is 7.58. The van der Waals surface area contributed by atoms with E-state index in [9.17, 15) is 4.79 Å². The molecule has 1 aliphatic heterocycles. The topological polar surface area (TPSA) is 61.0 Å². The lowest BCUT2D eigenvalue weighted by Crippen LogP contribution is -2.55. The zero-order valence-electron chi connectivity index (χ0n) is 10.4. The van der Waals surface area contributed by atoms with Gasteiger partial charge in [-0.2, -0.15) is 5.10 Å². The van der Waals surface area contributed by atoms with Crippen molar-refractivity contribution >= 4 is 18.3 Å². The molecule has 5 nitrogen and oxygen atoms in total. The number of H-pyrrole nitrogens is 1.